The van der Waals surface area contributed by atoms with E-state index in [2.05, 4.69) is 23.2 Å². The van der Waals surface area contributed by atoms with Crippen LogP contribution in [0.2, 0.25) is 0 Å². The monoisotopic (exact) mass is 165 g/mol. The van der Waals surface area contributed by atoms with Gasteiger partial charge in [0.05, 0.1) is 18.6 Å². The molecule has 1 heterocycles. The average Bonchev–Trinajstić information content (AvgIpc) is 1.89. The second-order valence-electron chi connectivity index (χ2n) is 1.88. The summed E-state index contributed by atoms with van der Waals surface area (Å²) in [6.07, 6.45) is 2.06. The Bertz CT molecular complexity index is 91.0. The van der Waals surface area contributed by atoms with Gasteiger partial charge in [0.1, 0.15) is 0 Å². The SMILES string of the molecule is CSN1CCOCC1S. The third-order valence-electron chi connectivity index (χ3n) is 1.29. The number of morpholine rings is 1. The van der Waals surface area contributed by atoms with Crippen LogP contribution in [-0.4, -0.2) is 35.7 Å². The predicted octanol–water partition coefficient (Wildman–Crippen LogP) is 0.853. The smallest absolute Gasteiger partial charge is 0.0860 e. The minimum absolute atomic E-state index is 0.286. The van der Waals surface area contributed by atoms with Crippen LogP contribution in [0.25, 0.3) is 0 Å². The number of rotatable bonds is 1. The fraction of sp³-hybridized carbons (Fsp3) is 1.00. The summed E-state index contributed by atoms with van der Waals surface area (Å²) < 4.78 is 7.40. The van der Waals surface area contributed by atoms with E-state index in [1.54, 1.807) is 11.9 Å². The largest absolute Gasteiger partial charge is 0.378 e. The van der Waals surface area contributed by atoms with E-state index in [0.717, 1.165) is 19.8 Å². The molecule has 4 heteroatoms. The molecule has 0 spiro atoms. The Balaban J connectivity index is 2.30. The zero-order chi connectivity index (χ0) is 6.69. The molecule has 0 aromatic rings. The molecule has 1 rings (SSSR count). The van der Waals surface area contributed by atoms with Gasteiger partial charge in [0.2, 0.25) is 0 Å². The highest BCUT2D eigenvalue weighted by molar-refractivity contribution is 7.97. The van der Waals surface area contributed by atoms with Crippen molar-refractivity contribution in [1.82, 2.24) is 4.31 Å². The van der Waals surface area contributed by atoms with Gasteiger partial charge in [-0.3, -0.25) is 0 Å². The topological polar surface area (TPSA) is 12.5 Å². The second-order valence-corrected chi connectivity index (χ2v) is 3.31. The zero-order valence-electron chi connectivity index (χ0n) is 5.41. The standard InChI is InChI=1S/C5H11NOS2/c1-9-6-2-3-7-4-5(6)8/h5,8H,2-4H2,1H3. The molecule has 0 N–H and O–H groups in total. The molecule has 0 aromatic heterocycles. The Morgan fingerprint density at radius 1 is 1.78 bits per heavy atom. The van der Waals surface area contributed by atoms with Crippen molar-refractivity contribution >= 4 is 24.6 Å². The van der Waals surface area contributed by atoms with Gasteiger partial charge in [-0.05, 0) is 6.26 Å². The average molecular weight is 165 g/mol. The molecule has 0 radical (unpaired) electrons. The van der Waals surface area contributed by atoms with E-state index in [-0.39, 0.29) is 5.37 Å². The van der Waals surface area contributed by atoms with Gasteiger partial charge < -0.3 is 4.74 Å². The lowest BCUT2D eigenvalue weighted by Gasteiger charge is -2.29. The predicted molar refractivity (Wildman–Crippen MR) is 43.8 cm³/mol. The second kappa shape index (κ2) is 3.71. The number of nitrogens with zero attached hydrogens (tertiary/aromatic N) is 1. The lowest BCUT2D eigenvalue weighted by Crippen LogP contribution is -2.37. The Morgan fingerprint density at radius 2 is 2.56 bits per heavy atom. The molecule has 1 unspecified atom stereocenters. The van der Waals surface area contributed by atoms with Crippen LogP contribution in [0.5, 0.6) is 0 Å². The molecule has 1 aliphatic rings. The van der Waals surface area contributed by atoms with Gasteiger partial charge in [-0.1, -0.05) is 11.9 Å². The molecule has 1 aliphatic heterocycles. The zero-order valence-corrected chi connectivity index (χ0v) is 7.12. The third kappa shape index (κ3) is 2.04. The molecule has 9 heavy (non-hydrogen) atoms. The van der Waals surface area contributed by atoms with Gasteiger partial charge in [0.15, 0.2) is 0 Å². The number of ether oxygens (including phenoxy) is 1. The van der Waals surface area contributed by atoms with Gasteiger partial charge in [0, 0.05) is 6.54 Å². The summed E-state index contributed by atoms with van der Waals surface area (Å²) in [7, 11) is 0. The Hall–Kier alpha value is 0.620. The van der Waals surface area contributed by atoms with Crippen molar-refractivity contribution in [2.45, 2.75) is 5.37 Å². The fourth-order valence-electron chi connectivity index (χ4n) is 0.788. The summed E-state index contributed by atoms with van der Waals surface area (Å²) in [4.78, 5) is 0. The molecule has 0 bridgehead atoms. The van der Waals surface area contributed by atoms with Gasteiger partial charge in [-0.25, -0.2) is 4.31 Å². The molecule has 54 valence electrons. The van der Waals surface area contributed by atoms with Crippen molar-refractivity contribution in [1.29, 1.82) is 0 Å². The van der Waals surface area contributed by atoms with Crippen LogP contribution >= 0.6 is 24.6 Å². The lowest BCUT2D eigenvalue weighted by molar-refractivity contribution is 0.0670. The van der Waals surface area contributed by atoms with Crippen molar-refractivity contribution in [2.24, 2.45) is 0 Å². The fourth-order valence-corrected chi connectivity index (χ4v) is 1.85. The van der Waals surface area contributed by atoms with Crippen LogP contribution in [0, 0.1) is 0 Å². The van der Waals surface area contributed by atoms with Crippen LogP contribution in [0.15, 0.2) is 0 Å². The molecular formula is C5H11NOS2. The van der Waals surface area contributed by atoms with Crippen molar-refractivity contribution in [3.8, 4) is 0 Å². The van der Waals surface area contributed by atoms with E-state index in [1.165, 1.54) is 0 Å². The van der Waals surface area contributed by atoms with Crippen LogP contribution < -0.4 is 0 Å². The van der Waals surface area contributed by atoms with Gasteiger partial charge in [-0.15, -0.1) is 0 Å². The number of thiol groups is 1. The maximum Gasteiger partial charge on any atom is 0.0860 e. The van der Waals surface area contributed by atoms with Crippen LogP contribution in [0.3, 0.4) is 0 Å². The molecule has 1 fully saturated rings. The highest BCUT2D eigenvalue weighted by atomic mass is 32.2. The maximum atomic E-state index is 5.18. The summed E-state index contributed by atoms with van der Waals surface area (Å²) in [5.41, 5.74) is 0. The first-order valence-corrected chi connectivity index (χ1v) is 4.61. The summed E-state index contributed by atoms with van der Waals surface area (Å²) in [5.74, 6) is 0. The first-order valence-electron chi connectivity index (χ1n) is 2.91. The molecule has 1 saturated heterocycles. The summed E-state index contributed by atoms with van der Waals surface area (Å²) >= 11 is 6.05. The molecule has 0 saturated carbocycles. The Kier molecular flexibility index (Phi) is 3.18. The van der Waals surface area contributed by atoms with Crippen LogP contribution in [0.4, 0.5) is 0 Å². The van der Waals surface area contributed by atoms with E-state index in [1.807, 2.05) is 0 Å². The normalized spacial score (nSPS) is 30.7. The van der Waals surface area contributed by atoms with E-state index < -0.39 is 0 Å². The number of hydrogen-bond acceptors (Lipinski definition) is 4. The summed E-state index contributed by atoms with van der Waals surface area (Å²) in [6, 6.07) is 0. The van der Waals surface area contributed by atoms with E-state index >= 15 is 0 Å². The van der Waals surface area contributed by atoms with Crippen molar-refractivity contribution in [2.75, 3.05) is 26.0 Å². The molecule has 1 atom stereocenters. The van der Waals surface area contributed by atoms with Gasteiger partial charge >= 0.3 is 0 Å². The molecule has 0 aromatic carbocycles. The Morgan fingerprint density at radius 3 is 3.00 bits per heavy atom. The van der Waals surface area contributed by atoms with Gasteiger partial charge in [0.25, 0.3) is 0 Å². The Labute approximate surface area is 65.5 Å². The highest BCUT2D eigenvalue weighted by Gasteiger charge is 2.17. The summed E-state index contributed by atoms with van der Waals surface area (Å²) in [6.45, 7) is 2.59. The van der Waals surface area contributed by atoms with Crippen LogP contribution in [-0.2, 0) is 4.74 Å². The first kappa shape index (κ1) is 7.72. The molecule has 0 amide bonds. The first-order chi connectivity index (χ1) is 4.34. The van der Waals surface area contributed by atoms with Gasteiger partial charge in [-0.2, -0.15) is 12.6 Å². The van der Waals surface area contributed by atoms with Crippen molar-refractivity contribution in [3.05, 3.63) is 0 Å². The minimum atomic E-state index is 0.286. The highest BCUT2D eigenvalue weighted by Crippen LogP contribution is 2.16. The third-order valence-corrected chi connectivity index (χ3v) is 2.78. The molecular weight excluding hydrogens is 154 g/mol. The molecule has 0 aliphatic carbocycles. The lowest BCUT2D eigenvalue weighted by atomic mass is 10.5. The quantitative estimate of drug-likeness (QED) is 0.457. The number of hydrogen-bond donors (Lipinski definition) is 1. The van der Waals surface area contributed by atoms with E-state index in [0.29, 0.717) is 0 Å². The summed E-state index contributed by atoms with van der Waals surface area (Å²) in [5, 5.41) is 0.286. The minimum Gasteiger partial charge on any atom is -0.378 e. The van der Waals surface area contributed by atoms with E-state index in [9.17, 15) is 0 Å². The van der Waals surface area contributed by atoms with Crippen molar-refractivity contribution < 1.29 is 4.74 Å². The van der Waals surface area contributed by atoms with Crippen molar-refractivity contribution in [3.63, 3.8) is 0 Å². The molecule has 2 nitrogen and oxygen atoms in total. The van der Waals surface area contributed by atoms with E-state index in [4.69, 9.17) is 4.74 Å². The van der Waals surface area contributed by atoms with Crippen LogP contribution in [0.1, 0.15) is 0 Å². The maximum absolute atomic E-state index is 5.18.